The van der Waals surface area contributed by atoms with Crippen LogP contribution in [0, 0.1) is 0 Å². The molecular weight excluding hydrogens is 294 g/mol. The molecule has 1 aromatic heterocycles. The Balaban J connectivity index is 1.58. The molecule has 22 heavy (non-hydrogen) atoms. The van der Waals surface area contributed by atoms with E-state index in [2.05, 4.69) is 45.6 Å². The highest BCUT2D eigenvalue weighted by molar-refractivity contribution is 6.33. The van der Waals surface area contributed by atoms with Gasteiger partial charge in [0.2, 0.25) is 0 Å². The summed E-state index contributed by atoms with van der Waals surface area (Å²) < 4.78 is 0. The number of rotatable bonds is 6. The van der Waals surface area contributed by atoms with Gasteiger partial charge in [-0.1, -0.05) is 54.1 Å². The zero-order valence-corrected chi connectivity index (χ0v) is 13.1. The summed E-state index contributed by atoms with van der Waals surface area (Å²) in [5.41, 5.74) is 4.66. The van der Waals surface area contributed by atoms with E-state index >= 15 is 0 Å². The highest BCUT2D eigenvalue weighted by Crippen LogP contribution is 2.28. The third-order valence-electron chi connectivity index (χ3n) is 3.67. The van der Waals surface area contributed by atoms with Crippen LogP contribution in [0.4, 0.5) is 0 Å². The molecule has 0 aliphatic carbocycles. The van der Waals surface area contributed by atoms with Crippen LogP contribution in [0.5, 0.6) is 0 Å². The van der Waals surface area contributed by atoms with Crippen LogP contribution in [0.2, 0.25) is 5.02 Å². The minimum Gasteiger partial charge on any atom is -0.348 e. The number of quaternary nitrogens is 1. The lowest BCUT2D eigenvalue weighted by Crippen LogP contribution is -2.83. The molecule has 0 aliphatic rings. The lowest BCUT2D eigenvalue weighted by atomic mass is 10.0. The molecule has 2 aromatic carbocycles. The van der Waals surface area contributed by atoms with Gasteiger partial charge < -0.3 is 10.3 Å². The second-order valence-electron chi connectivity index (χ2n) is 5.29. The van der Waals surface area contributed by atoms with Crippen LogP contribution in [-0.2, 0) is 13.0 Å². The lowest BCUT2D eigenvalue weighted by molar-refractivity contribution is -0.670. The predicted octanol–water partition coefficient (Wildman–Crippen LogP) is 3.04. The molecule has 0 aliphatic heterocycles. The fraction of sp³-hybridized carbons (Fsp3) is 0.167. The van der Waals surface area contributed by atoms with Gasteiger partial charge in [-0.2, -0.15) is 0 Å². The zero-order chi connectivity index (χ0) is 15.2. The Morgan fingerprint density at radius 1 is 1.09 bits per heavy atom. The Bertz CT molecular complexity index is 708. The second-order valence-corrected chi connectivity index (χ2v) is 5.70. The number of halogens is 1. The van der Waals surface area contributed by atoms with E-state index in [1.165, 1.54) is 11.3 Å². The molecule has 0 amide bonds. The number of aromatic amines is 1. The van der Waals surface area contributed by atoms with Gasteiger partial charge in [0.25, 0.3) is 0 Å². The van der Waals surface area contributed by atoms with Gasteiger partial charge in [0.1, 0.15) is 6.54 Å². The second kappa shape index (κ2) is 7.25. The van der Waals surface area contributed by atoms with Crippen LogP contribution in [0.1, 0.15) is 11.3 Å². The normalized spacial score (nSPS) is 10.8. The van der Waals surface area contributed by atoms with E-state index in [4.69, 9.17) is 11.6 Å². The molecule has 3 aromatic rings. The summed E-state index contributed by atoms with van der Waals surface area (Å²) in [5.74, 6) is 0. The van der Waals surface area contributed by atoms with Crippen LogP contribution in [0.25, 0.3) is 11.1 Å². The average Bonchev–Trinajstić information content (AvgIpc) is 3.06. The maximum atomic E-state index is 6.43. The molecule has 3 rings (SSSR count). The standard InChI is InChI=1S/C18H18ClN3/c19-18-10-14(11-20-9-8-16-12-21-13-22-16)6-7-17(18)15-4-2-1-3-5-15/h1-7,10,12-13,20H,8-9,11H2,(H,21,22)/p+1. The Kier molecular flexibility index (Phi) is 4.88. The van der Waals surface area contributed by atoms with Crippen molar-refractivity contribution >= 4 is 11.6 Å². The van der Waals surface area contributed by atoms with Crippen molar-refractivity contribution in [3.8, 4) is 11.1 Å². The topological polar surface area (TPSA) is 45.3 Å². The van der Waals surface area contributed by atoms with Gasteiger partial charge >= 0.3 is 0 Å². The Hall–Kier alpha value is -2.10. The molecule has 0 bridgehead atoms. The number of aromatic nitrogens is 2. The summed E-state index contributed by atoms with van der Waals surface area (Å²) >= 11 is 6.43. The summed E-state index contributed by atoms with van der Waals surface area (Å²) in [7, 11) is 0. The Morgan fingerprint density at radius 3 is 2.68 bits per heavy atom. The molecule has 112 valence electrons. The van der Waals surface area contributed by atoms with Gasteiger partial charge in [-0.3, -0.25) is 0 Å². The van der Waals surface area contributed by atoms with Gasteiger partial charge in [0, 0.05) is 34.5 Å². The summed E-state index contributed by atoms with van der Waals surface area (Å²) in [6, 6.07) is 16.6. The number of nitrogens with two attached hydrogens (primary N) is 1. The SMILES string of the molecule is Clc1cc(C[NH2+]CCc2cnc[nH]2)ccc1-c1ccccc1. The van der Waals surface area contributed by atoms with Crippen LogP contribution < -0.4 is 5.32 Å². The van der Waals surface area contributed by atoms with Crippen LogP contribution in [0.15, 0.2) is 61.1 Å². The number of imidazole rings is 1. The third-order valence-corrected chi connectivity index (χ3v) is 3.98. The van der Waals surface area contributed by atoms with Gasteiger partial charge in [-0.25, -0.2) is 4.98 Å². The van der Waals surface area contributed by atoms with Crippen LogP contribution in [0.3, 0.4) is 0 Å². The summed E-state index contributed by atoms with van der Waals surface area (Å²) in [6.07, 6.45) is 4.59. The van der Waals surface area contributed by atoms with E-state index in [9.17, 15) is 0 Å². The minimum absolute atomic E-state index is 0.811. The highest BCUT2D eigenvalue weighted by atomic mass is 35.5. The molecule has 0 saturated heterocycles. The van der Waals surface area contributed by atoms with E-state index in [0.29, 0.717) is 0 Å². The molecule has 0 spiro atoms. The first-order valence-electron chi connectivity index (χ1n) is 7.46. The Labute approximate surface area is 135 Å². The number of nitrogens with one attached hydrogen (secondary N) is 1. The quantitative estimate of drug-likeness (QED) is 0.675. The van der Waals surface area contributed by atoms with E-state index in [1.807, 2.05) is 24.4 Å². The first kappa shape index (κ1) is 14.8. The van der Waals surface area contributed by atoms with E-state index in [1.54, 1.807) is 6.33 Å². The summed E-state index contributed by atoms with van der Waals surface area (Å²) in [4.78, 5) is 7.14. The first-order chi connectivity index (χ1) is 10.8. The van der Waals surface area contributed by atoms with Crippen molar-refractivity contribution in [2.24, 2.45) is 0 Å². The van der Waals surface area contributed by atoms with Gasteiger partial charge in [0.15, 0.2) is 0 Å². The van der Waals surface area contributed by atoms with Crippen molar-refractivity contribution in [3.05, 3.63) is 77.3 Å². The highest BCUT2D eigenvalue weighted by Gasteiger charge is 2.05. The number of hydrogen-bond donors (Lipinski definition) is 2. The monoisotopic (exact) mass is 312 g/mol. The number of H-pyrrole nitrogens is 1. The van der Waals surface area contributed by atoms with Crippen molar-refractivity contribution in [2.75, 3.05) is 6.54 Å². The molecule has 4 heteroatoms. The van der Waals surface area contributed by atoms with Crippen molar-refractivity contribution in [1.29, 1.82) is 0 Å². The average molecular weight is 313 g/mol. The molecule has 0 radical (unpaired) electrons. The molecule has 0 saturated carbocycles. The predicted molar refractivity (Wildman–Crippen MR) is 89.7 cm³/mol. The molecular formula is C18H19ClN3+. The fourth-order valence-electron chi connectivity index (χ4n) is 2.49. The summed E-state index contributed by atoms with van der Waals surface area (Å²) in [5, 5.41) is 3.10. The van der Waals surface area contributed by atoms with Crippen LogP contribution in [-0.4, -0.2) is 16.5 Å². The number of benzene rings is 2. The van der Waals surface area contributed by atoms with Gasteiger partial charge in [-0.15, -0.1) is 0 Å². The molecule has 0 atom stereocenters. The smallest absolute Gasteiger partial charge is 0.101 e. The van der Waals surface area contributed by atoms with Gasteiger partial charge in [-0.05, 0) is 11.6 Å². The van der Waals surface area contributed by atoms with Crippen molar-refractivity contribution < 1.29 is 5.32 Å². The Morgan fingerprint density at radius 2 is 1.95 bits per heavy atom. The van der Waals surface area contributed by atoms with Gasteiger partial charge in [0.05, 0.1) is 12.9 Å². The first-order valence-corrected chi connectivity index (χ1v) is 7.83. The van der Waals surface area contributed by atoms with E-state index < -0.39 is 0 Å². The molecule has 1 heterocycles. The maximum Gasteiger partial charge on any atom is 0.101 e. The summed E-state index contributed by atoms with van der Waals surface area (Å²) in [6.45, 7) is 1.96. The van der Waals surface area contributed by atoms with E-state index in [0.717, 1.165) is 35.7 Å². The maximum absolute atomic E-state index is 6.43. The van der Waals surface area contributed by atoms with Crippen molar-refractivity contribution in [3.63, 3.8) is 0 Å². The fourth-order valence-corrected chi connectivity index (χ4v) is 2.80. The number of hydrogen-bond acceptors (Lipinski definition) is 1. The van der Waals surface area contributed by atoms with Crippen molar-refractivity contribution in [2.45, 2.75) is 13.0 Å². The number of nitrogens with zero attached hydrogens (tertiary/aromatic N) is 1. The minimum atomic E-state index is 0.811. The third kappa shape index (κ3) is 3.75. The van der Waals surface area contributed by atoms with E-state index in [-0.39, 0.29) is 0 Å². The molecule has 0 fully saturated rings. The zero-order valence-electron chi connectivity index (χ0n) is 12.3. The van der Waals surface area contributed by atoms with Crippen molar-refractivity contribution in [1.82, 2.24) is 9.97 Å². The largest absolute Gasteiger partial charge is 0.348 e. The molecule has 3 nitrogen and oxygen atoms in total. The molecule has 3 N–H and O–H groups in total. The molecule has 0 unspecified atom stereocenters. The van der Waals surface area contributed by atoms with Crippen LogP contribution >= 0.6 is 11.6 Å². The lowest BCUT2D eigenvalue weighted by Gasteiger charge is -2.07.